The molecule has 1 aromatic heterocycles. The molecule has 2 amide bonds. The molecule has 9 heteroatoms. The third-order valence-corrected chi connectivity index (χ3v) is 4.93. The van der Waals surface area contributed by atoms with Crippen LogP contribution in [0.4, 0.5) is 23.9 Å². The molecular weight excluding hydrogens is 373 g/mol. The van der Waals surface area contributed by atoms with Crippen molar-refractivity contribution in [3.63, 3.8) is 0 Å². The third-order valence-electron chi connectivity index (χ3n) is 2.95. The van der Waals surface area contributed by atoms with Crippen LogP contribution in [0.5, 0.6) is 0 Å². The minimum absolute atomic E-state index is 0.0272. The Morgan fingerprint density at radius 2 is 1.60 bits per heavy atom. The number of thiophene rings is 1. The maximum Gasteiger partial charge on any atom is 0.425 e. The molecule has 0 unspecified atom stereocenters. The molecule has 2 rings (SSSR count). The number of anilines is 2. The molecule has 0 saturated carbocycles. The van der Waals surface area contributed by atoms with Gasteiger partial charge in [0.15, 0.2) is 0 Å². The molecule has 0 saturated heterocycles. The number of carbonyl (C=O) groups excluding carboxylic acids is 2. The van der Waals surface area contributed by atoms with E-state index in [0.717, 1.165) is 23.4 Å². The fraction of sp³-hybridized carbons (Fsp3) is 0.250. The second-order valence-corrected chi connectivity index (χ2v) is 7.19. The first kappa shape index (κ1) is 19.3. The molecule has 2 N–H and O–H groups in total. The van der Waals surface area contributed by atoms with Gasteiger partial charge in [0.25, 0.3) is 0 Å². The molecule has 0 aliphatic carbocycles. The van der Waals surface area contributed by atoms with E-state index in [1.54, 1.807) is 12.1 Å². The Hall–Kier alpha value is -2.00. The van der Waals surface area contributed by atoms with E-state index in [0.29, 0.717) is 17.0 Å². The van der Waals surface area contributed by atoms with Crippen molar-refractivity contribution in [2.75, 3.05) is 22.1 Å². The van der Waals surface area contributed by atoms with Crippen LogP contribution in [0.3, 0.4) is 0 Å². The quantitative estimate of drug-likeness (QED) is 0.772. The third kappa shape index (κ3) is 6.43. The van der Waals surface area contributed by atoms with Crippen LogP contribution >= 0.6 is 23.1 Å². The Morgan fingerprint density at radius 3 is 2.16 bits per heavy atom. The average molecular weight is 388 g/mol. The van der Waals surface area contributed by atoms with E-state index in [2.05, 4.69) is 10.6 Å². The molecule has 0 aliphatic rings. The van der Waals surface area contributed by atoms with Gasteiger partial charge in [-0.2, -0.15) is 13.2 Å². The molecule has 0 aliphatic heterocycles. The molecule has 4 nitrogen and oxygen atoms in total. The van der Waals surface area contributed by atoms with Crippen LogP contribution in [-0.4, -0.2) is 23.3 Å². The molecule has 0 bridgehead atoms. The van der Waals surface area contributed by atoms with E-state index in [1.807, 2.05) is 19.1 Å². The smallest absolute Gasteiger partial charge is 0.325 e. The van der Waals surface area contributed by atoms with E-state index >= 15 is 0 Å². The van der Waals surface area contributed by atoms with E-state index in [-0.39, 0.29) is 22.4 Å². The van der Waals surface area contributed by atoms with Gasteiger partial charge in [-0.3, -0.25) is 9.59 Å². The van der Waals surface area contributed by atoms with Gasteiger partial charge in [-0.1, -0.05) is 17.7 Å². The van der Waals surface area contributed by atoms with Gasteiger partial charge < -0.3 is 10.6 Å². The second kappa shape index (κ2) is 8.39. The summed E-state index contributed by atoms with van der Waals surface area (Å²) >= 11 is 1.55. The van der Waals surface area contributed by atoms with Gasteiger partial charge >= 0.3 is 6.18 Å². The highest BCUT2D eigenvalue weighted by molar-refractivity contribution is 8.00. The summed E-state index contributed by atoms with van der Waals surface area (Å²) in [5, 5.41) is 5.22. The number of nitrogens with one attached hydrogen (secondary N) is 2. The van der Waals surface area contributed by atoms with Gasteiger partial charge in [0, 0.05) is 5.69 Å². The molecule has 0 spiro atoms. The normalized spacial score (nSPS) is 11.2. The zero-order valence-corrected chi connectivity index (χ0v) is 14.8. The molecule has 25 heavy (non-hydrogen) atoms. The van der Waals surface area contributed by atoms with Crippen molar-refractivity contribution >= 4 is 45.6 Å². The number of thioether (sulfide) groups is 1. The van der Waals surface area contributed by atoms with Gasteiger partial charge in [-0.05, 0) is 31.2 Å². The molecule has 134 valence electrons. The van der Waals surface area contributed by atoms with Crippen LogP contribution in [-0.2, 0) is 15.8 Å². The fourth-order valence-electron chi connectivity index (χ4n) is 1.80. The van der Waals surface area contributed by atoms with Crippen molar-refractivity contribution in [2.24, 2.45) is 0 Å². The molecule has 0 atom stereocenters. The summed E-state index contributed by atoms with van der Waals surface area (Å²) in [6.07, 6.45) is -4.42. The van der Waals surface area contributed by atoms with Crippen LogP contribution in [0.25, 0.3) is 0 Å². The predicted octanol–water partition coefficient (Wildman–Crippen LogP) is 4.39. The summed E-state index contributed by atoms with van der Waals surface area (Å²) in [4.78, 5) is 22.7. The first-order valence-electron chi connectivity index (χ1n) is 7.15. The standard InChI is InChI=1S/C16H15F3N2O2S2/c1-10-2-4-11(5-3-10)20-13(22)8-24-9-14(23)21-15-7-6-12(25-15)16(17,18)19/h2-7H,8-9H2,1H3,(H,20,22)(H,21,23). The van der Waals surface area contributed by atoms with Gasteiger partial charge in [0.05, 0.1) is 16.5 Å². The maximum absolute atomic E-state index is 12.5. The zero-order chi connectivity index (χ0) is 18.4. The summed E-state index contributed by atoms with van der Waals surface area (Å²) < 4.78 is 37.4. The molecule has 0 radical (unpaired) electrons. The Morgan fingerprint density at radius 1 is 1.00 bits per heavy atom. The van der Waals surface area contributed by atoms with E-state index in [4.69, 9.17) is 0 Å². The number of hydrogen-bond acceptors (Lipinski definition) is 4. The number of aryl methyl sites for hydroxylation is 1. The largest absolute Gasteiger partial charge is 0.425 e. The molecule has 0 fully saturated rings. The lowest BCUT2D eigenvalue weighted by atomic mass is 10.2. The van der Waals surface area contributed by atoms with E-state index in [1.165, 1.54) is 6.07 Å². The van der Waals surface area contributed by atoms with Crippen molar-refractivity contribution in [1.29, 1.82) is 0 Å². The van der Waals surface area contributed by atoms with E-state index in [9.17, 15) is 22.8 Å². The number of alkyl halides is 3. The summed E-state index contributed by atoms with van der Waals surface area (Å²) in [7, 11) is 0. The minimum atomic E-state index is -4.42. The number of carbonyl (C=O) groups is 2. The highest BCUT2D eigenvalue weighted by Crippen LogP contribution is 2.36. The summed E-state index contributed by atoms with van der Waals surface area (Å²) in [5.41, 5.74) is 1.74. The summed E-state index contributed by atoms with van der Waals surface area (Å²) in [6.45, 7) is 1.94. The van der Waals surface area contributed by atoms with Gasteiger partial charge in [-0.25, -0.2) is 0 Å². The SMILES string of the molecule is Cc1ccc(NC(=O)CSCC(=O)Nc2ccc(C(F)(F)F)s2)cc1. The molecular formula is C16H15F3N2O2S2. The van der Waals surface area contributed by atoms with Gasteiger partial charge in [-0.15, -0.1) is 23.1 Å². The zero-order valence-electron chi connectivity index (χ0n) is 13.1. The van der Waals surface area contributed by atoms with Crippen molar-refractivity contribution in [2.45, 2.75) is 13.1 Å². The lowest BCUT2D eigenvalue weighted by molar-refractivity contribution is -0.134. The van der Waals surface area contributed by atoms with Crippen molar-refractivity contribution in [1.82, 2.24) is 0 Å². The van der Waals surface area contributed by atoms with Crippen LogP contribution in [0.1, 0.15) is 10.4 Å². The van der Waals surface area contributed by atoms with Crippen LogP contribution in [0.2, 0.25) is 0 Å². The predicted molar refractivity (Wildman–Crippen MR) is 95.1 cm³/mol. The summed E-state index contributed by atoms with van der Waals surface area (Å²) in [5.74, 6) is -0.666. The van der Waals surface area contributed by atoms with Crippen molar-refractivity contribution < 1.29 is 22.8 Å². The average Bonchev–Trinajstić information content (AvgIpc) is 2.98. The Balaban J connectivity index is 1.72. The number of benzene rings is 1. The van der Waals surface area contributed by atoms with E-state index < -0.39 is 17.0 Å². The number of rotatable bonds is 6. The van der Waals surface area contributed by atoms with Crippen molar-refractivity contribution in [3.8, 4) is 0 Å². The van der Waals surface area contributed by atoms with Crippen LogP contribution < -0.4 is 10.6 Å². The fourth-order valence-corrected chi connectivity index (χ4v) is 3.21. The molecule has 1 heterocycles. The lowest BCUT2D eigenvalue weighted by Crippen LogP contribution is -2.18. The number of hydrogen-bond donors (Lipinski definition) is 2. The maximum atomic E-state index is 12.5. The monoisotopic (exact) mass is 388 g/mol. The molecule has 2 aromatic rings. The highest BCUT2D eigenvalue weighted by atomic mass is 32.2. The molecule has 1 aromatic carbocycles. The van der Waals surface area contributed by atoms with Gasteiger partial charge in [0.1, 0.15) is 4.88 Å². The second-order valence-electron chi connectivity index (χ2n) is 5.12. The Bertz CT molecular complexity index is 743. The topological polar surface area (TPSA) is 58.2 Å². The number of amides is 2. The first-order valence-corrected chi connectivity index (χ1v) is 9.12. The Kier molecular flexibility index (Phi) is 6.49. The highest BCUT2D eigenvalue weighted by Gasteiger charge is 2.32. The van der Waals surface area contributed by atoms with Crippen LogP contribution in [0.15, 0.2) is 36.4 Å². The van der Waals surface area contributed by atoms with Crippen molar-refractivity contribution in [3.05, 3.63) is 46.8 Å². The summed E-state index contributed by atoms with van der Waals surface area (Å²) in [6, 6.07) is 9.42. The Labute approximate surface area is 150 Å². The first-order chi connectivity index (χ1) is 11.7. The number of halogens is 3. The van der Waals surface area contributed by atoms with Gasteiger partial charge in [0.2, 0.25) is 11.8 Å². The lowest BCUT2D eigenvalue weighted by Gasteiger charge is -2.06. The van der Waals surface area contributed by atoms with Crippen LogP contribution in [0, 0.1) is 6.92 Å². The minimum Gasteiger partial charge on any atom is -0.325 e.